The van der Waals surface area contributed by atoms with E-state index in [0.29, 0.717) is 5.75 Å². The Hall–Kier alpha value is -2.80. The maximum Gasteiger partial charge on any atom is 0.338 e. The molecule has 26 heavy (non-hydrogen) atoms. The lowest BCUT2D eigenvalue weighted by atomic mass is 9.90. The Labute approximate surface area is 151 Å². The number of carbonyl (C=O) groups excluding carboxylic acids is 2. The Bertz CT molecular complexity index is 793. The largest absolute Gasteiger partial charge is 0.575 e. The van der Waals surface area contributed by atoms with Gasteiger partial charge in [0.05, 0.1) is 25.7 Å². The van der Waals surface area contributed by atoms with Crippen LogP contribution in [-0.4, -0.2) is 37.7 Å². The highest BCUT2D eigenvalue weighted by atomic mass is 16.8. The number of methoxy groups -OCH3 is 1. The molecule has 0 saturated heterocycles. The first kappa shape index (κ1) is 18.0. The van der Waals surface area contributed by atoms with Gasteiger partial charge < -0.3 is 19.3 Å². The standard InChI is InChI=1S/C19H21NO6/c1-19(2)25-17(22)16(18(23)26-19)15-13(9-10-14(15)21)20(3)11-5-7-12(24-4)8-6-11/h5-10,13,15,22H,1-4H3/t13-,15+/m0/s1. The van der Waals surface area contributed by atoms with Crippen LogP contribution in [0.4, 0.5) is 5.69 Å². The molecule has 0 amide bonds. The van der Waals surface area contributed by atoms with E-state index in [4.69, 9.17) is 14.2 Å². The van der Waals surface area contributed by atoms with Crippen LogP contribution < -0.4 is 14.7 Å². The molecule has 1 aromatic carbocycles. The molecule has 7 heteroatoms. The van der Waals surface area contributed by atoms with Gasteiger partial charge in [-0.2, -0.15) is 0 Å². The Morgan fingerprint density at radius 1 is 1.15 bits per heavy atom. The summed E-state index contributed by atoms with van der Waals surface area (Å²) in [6.45, 7) is 2.95. The smallest absolute Gasteiger partial charge is 0.338 e. The molecule has 0 bridgehead atoms. The summed E-state index contributed by atoms with van der Waals surface area (Å²) in [6.07, 6.45) is 3.11. The van der Waals surface area contributed by atoms with Crippen molar-refractivity contribution in [2.75, 3.05) is 14.2 Å². The van der Waals surface area contributed by atoms with Crippen molar-refractivity contribution < 1.29 is 33.8 Å². The van der Waals surface area contributed by atoms with Crippen LogP contribution in [0.5, 0.6) is 5.75 Å². The predicted molar refractivity (Wildman–Crippen MR) is 89.2 cm³/mol. The molecule has 0 aromatic heterocycles. The van der Waals surface area contributed by atoms with E-state index >= 15 is 0 Å². The molecule has 1 aliphatic heterocycles. The normalized spacial score (nSPS) is 25.7. The Kier molecular flexibility index (Phi) is 4.50. The van der Waals surface area contributed by atoms with E-state index in [0.717, 1.165) is 10.6 Å². The van der Waals surface area contributed by atoms with Gasteiger partial charge in [-0.1, -0.05) is 0 Å². The fourth-order valence-electron chi connectivity index (χ4n) is 3.27. The maximum absolute atomic E-state index is 12.4. The van der Waals surface area contributed by atoms with Crippen molar-refractivity contribution in [1.29, 1.82) is 0 Å². The number of quaternary nitrogens is 1. The lowest BCUT2D eigenvalue weighted by Crippen LogP contribution is -3.09. The number of hydrogen-bond donors (Lipinski definition) is 1. The van der Waals surface area contributed by atoms with E-state index in [2.05, 4.69) is 0 Å². The van der Waals surface area contributed by atoms with E-state index < -0.39 is 29.7 Å². The second kappa shape index (κ2) is 6.49. The molecule has 138 valence electrons. The molecule has 0 spiro atoms. The summed E-state index contributed by atoms with van der Waals surface area (Å²) < 4.78 is 15.5. The summed E-state index contributed by atoms with van der Waals surface area (Å²) in [5.41, 5.74) is 0.635. The Morgan fingerprint density at radius 3 is 2.38 bits per heavy atom. The van der Waals surface area contributed by atoms with Crippen molar-refractivity contribution in [2.24, 2.45) is 5.92 Å². The zero-order valence-corrected chi connectivity index (χ0v) is 15.1. The zero-order chi connectivity index (χ0) is 19.1. The van der Waals surface area contributed by atoms with Crippen LogP contribution in [0.2, 0.25) is 0 Å². The van der Waals surface area contributed by atoms with Gasteiger partial charge in [-0.3, -0.25) is 9.69 Å². The van der Waals surface area contributed by atoms with Gasteiger partial charge in [-0.25, -0.2) is 4.79 Å². The molecule has 0 saturated carbocycles. The minimum absolute atomic E-state index is 0.253. The number of esters is 1. The molecule has 2 aliphatic rings. The molecule has 1 aliphatic carbocycles. The topological polar surface area (TPSA) is 89.3 Å². The summed E-state index contributed by atoms with van der Waals surface area (Å²) in [5.74, 6) is -3.48. The Balaban J connectivity index is 1.93. The van der Waals surface area contributed by atoms with Crippen LogP contribution in [0.3, 0.4) is 0 Å². The van der Waals surface area contributed by atoms with E-state index in [-0.39, 0.29) is 11.4 Å². The van der Waals surface area contributed by atoms with Gasteiger partial charge in [-0.15, -0.1) is 0 Å². The highest BCUT2D eigenvalue weighted by molar-refractivity contribution is 6.04. The van der Waals surface area contributed by atoms with Gasteiger partial charge in [0.2, 0.25) is 0 Å². The molecule has 1 heterocycles. The van der Waals surface area contributed by atoms with Gasteiger partial charge >= 0.3 is 5.97 Å². The van der Waals surface area contributed by atoms with Crippen LogP contribution >= 0.6 is 0 Å². The molecule has 7 nitrogen and oxygen atoms in total. The van der Waals surface area contributed by atoms with E-state index in [1.54, 1.807) is 13.2 Å². The van der Waals surface area contributed by atoms with Gasteiger partial charge in [0.1, 0.15) is 23.4 Å². The van der Waals surface area contributed by atoms with Gasteiger partial charge in [0, 0.05) is 12.1 Å². The fraction of sp³-hybridized carbons (Fsp3) is 0.368. The second-order valence-corrected chi connectivity index (χ2v) is 6.77. The number of allylic oxidation sites excluding steroid dienone is 1. The highest BCUT2D eigenvalue weighted by Gasteiger charge is 2.45. The van der Waals surface area contributed by atoms with Gasteiger partial charge in [0.25, 0.3) is 0 Å². The van der Waals surface area contributed by atoms with Crippen molar-refractivity contribution in [3.63, 3.8) is 0 Å². The van der Waals surface area contributed by atoms with Crippen LogP contribution in [0.15, 0.2) is 47.9 Å². The number of carbonyl (C=O) groups is 2. The molecule has 3 rings (SSSR count). The number of ketones is 1. The number of benzene rings is 1. The molecular formula is C19H21NO6. The second-order valence-electron chi connectivity index (χ2n) is 6.77. The van der Waals surface area contributed by atoms with Crippen LogP contribution in [0, 0.1) is 5.92 Å². The molecule has 3 atom stereocenters. The first-order chi connectivity index (χ1) is 12.2. The SMILES string of the molecule is COc1ccc([NH+](C)[C@H]2C=CC(=O)[C@@H]2C2=C([O-])OC(C)(C)OC2=O)cc1. The summed E-state index contributed by atoms with van der Waals surface area (Å²) in [5, 5.41) is 12.4. The van der Waals surface area contributed by atoms with Gasteiger partial charge in [-0.05, 0) is 38.1 Å². The summed E-state index contributed by atoms with van der Waals surface area (Å²) in [7, 11) is 3.45. The first-order valence-electron chi connectivity index (χ1n) is 8.27. The highest BCUT2D eigenvalue weighted by Crippen LogP contribution is 2.32. The fourth-order valence-corrected chi connectivity index (χ4v) is 3.27. The van der Waals surface area contributed by atoms with Crippen molar-refractivity contribution in [3.8, 4) is 5.75 Å². The van der Waals surface area contributed by atoms with Crippen molar-refractivity contribution in [3.05, 3.63) is 47.9 Å². The predicted octanol–water partition coefficient (Wildman–Crippen LogP) is -0.153. The van der Waals surface area contributed by atoms with Crippen LogP contribution in [-0.2, 0) is 19.1 Å². The van der Waals surface area contributed by atoms with Crippen molar-refractivity contribution in [1.82, 2.24) is 0 Å². The van der Waals surface area contributed by atoms with Crippen molar-refractivity contribution in [2.45, 2.75) is 25.7 Å². The lowest BCUT2D eigenvalue weighted by Gasteiger charge is -2.41. The maximum atomic E-state index is 12.4. The minimum atomic E-state index is -1.34. The minimum Gasteiger partial charge on any atom is -0.575 e. The van der Waals surface area contributed by atoms with Crippen molar-refractivity contribution >= 4 is 17.4 Å². The van der Waals surface area contributed by atoms with Crippen LogP contribution in [0.25, 0.3) is 0 Å². The third kappa shape index (κ3) is 3.17. The molecule has 0 fully saturated rings. The Morgan fingerprint density at radius 2 is 1.81 bits per heavy atom. The first-order valence-corrected chi connectivity index (χ1v) is 8.27. The summed E-state index contributed by atoms with van der Waals surface area (Å²) in [6, 6.07) is 6.94. The summed E-state index contributed by atoms with van der Waals surface area (Å²) in [4.78, 5) is 25.7. The summed E-state index contributed by atoms with van der Waals surface area (Å²) >= 11 is 0. The number of likely N-dealkylation sites (N-methyl/N-ethyl adjacent to an activating group) is 1. The third-order valence-electron chi connectivity index (χ3n) is 4.61. The van der Waals surface area contributed by atoms with Gasteiger partial charge in [0.15, 0.2) is 11.6 Å². The molecule has 0 radical (unpaired) electrons. The third-order valence-corrected chi connectivity index (χ3v) is 4.61. The monoisotopic (exact) mass is 359 g/mol. The number of rotatable bonds is 4. The molecule has 1 unspecified atom stereocenters. The van der Waals surface area contributed by atoms with E-state index in [9.17, 15) is 14.7 Å². The zero-order valence-electron chi connectivity index (χ0n) is 15.1. The molecule has 1 aromatic rings. The number of cyclic esters (lactones) is 1. The number of nitrogens with one attached hydrogen (secondary N) is 1. The van der Waals surface area contributed by atoms with E-state index in [1.165, 1.54) is 19.9 Å². The number of ether oxygens (including phenoxy) is 3. The molecule has 1 N–H and O–H groups in total. The molecular weight excluding hydrogens is 338 g/mol. The number of hydrogen-bond acceptors (Lipinski definition) is 6. The van der Waals surface area contributed by atoms with E-state index in [1.807, 2.05) is 31.3 Å². The van der Waals surface area contributed by atoms with Crippen LogP contribution in [0.1, 0.15) is 13.8 Å². The lowest BCUT2D eigenvalue weighted by molar-refractivity contribution is -0.833. The average Bonchev–Trinajstić information content (AvgIpc) is 2.94. The quantitative estimate of drug-likeness (QED) is 0.752. The average molecular weight is 359 g/mol.